The van der Waals surface area contributed by atoms with E-state index in [1.807, 2.05) is 18.2 Å². The quantitative estimate of drug-likeness (QED) is 0.542. The van der Waals surface area contributed by atoms with Crippen molar-refractivity contribution in [3.63, 3.8) is 0 Å². The molecule has 1 aromatic carbocycles. The summed E-state index contributed by atoms with van der Waals surface area (Å²) in [7, 11) is 1.68. The summed E-state index contributed by atoms with van der Waals surface area (Å²) in [5.41, 5.74) is 7.44. The van der Waals surface area contributed by atoms with Crippen molar-refractivity contribution < 1.29 is 4.74 Å². The molecule has 3 N–H and O–H groups in total. The number of methoxy groups -OCH3 is 1. The van der Waals surface area contributed by atoms with Gasteiger partial charge in [0.1, 0.15) is 11.6 Å². The van der Waals surface area contributed by atoms with Crippen molar-refractivity contribution in [1.82, 2.24) is 4.90 Å². The van der Waals surface area contributed by atoms with E-state index >= 15 is 0 Å². The van der Waals surface area contributed by atoms with Gasteiger partial charge in [-0.3, -0.25) is 10.3 Å². The Morgan fingerprint density at radius 1 is 1.29 bits per heavy atom. The molecule has 0 aliphatic heterocycles. The molecule has 0 aliphatic rings. The molecule has 0 aliphatic carbocycles. The van der Waals surface area contributed by atoms with Gasteiger partial charge in [0.15, 0.2) is 0 Å². The van der Waals surface area contributed by atoms with Crippen LogP contribution in [0.15, 0.2) is 18.2 Å². The second kappa shape index (κ2) is 8.67. The van der Waals surface area contributed by atoms with Gasteiger partial charge in [-0.05, 0) is 30.7 Å². The topological polar surface area (TPSA) is 62.3 Å². The monoisotopic (exact) mass is 291 g/mol. The van der Waals surface area contributed by atoms with Crippen molar-refractivity contribution in [3.8, 4) is 5.75 Å². The number of nitrogens with zero attached hydrogens (tertiary/aromatic N) is 1. The fraction of sp³-hybridized carbons (Fsp3) is 0.588. The Kier molecular flexibility index (Phi) is 7.23. The van der Waals surface area contributed by atoms with Crippen LogP contribution in [0.25, 0.3) is 0 Å². The molecular weight excluding hydrogens is 262 g/mol. The van der Waals surface area contributed by atoms with Gasteiger partial charge in [0.25, 0.3) is 0 Å². The first-order valence-electron chi connectivity index (χ1n) is 7.79. The summed E-state index contributed by atoms with van der Waals surface area (Å²) in [5, 5.41) is 7.58. The molecule has 0 saturated carbocycles. The van der Waals surface area contributed by atoms with Crippen molar-refractivity contribution in [3.05, 3.63) is 29.3 Å². The van der Waals surface area contributed by atoms with Crippen LogP contribution in [0.3, 0.4) is 0 Å². The van der Waals surface area contributed by atoms with Crippen molar-refractivity contribution in [2.24, 2.45) is 11.7 Å². The number of nitrogen functional groups attached to an aromatic ring is 1. The normalized spacial score (nSPS) is 11.1. The van der Waals surface area contributed by atoms with Gasteiger partial charge in [0, 0.05) is 24.2 Å². The highest BCUT2D eigenvalue weighted by molar-refractivity contribution is 5.95. The van der Waals surface area contributed by atoms with Crippen LogP contribution in [0.1, 0.15) is 44.7 Å². The summed E-state index contributed by atoms with van der Waals surface area (Å²) >= 11 is 0. The number of hydrogen-bond acceptors (Lipinski definition) is 3. The molecule has 118 valence electrons. The van der Waals surface area contributed by atoms with E-state index in [2.05, 4.69) is 25.7 Å². The fourth-order valence-corrected chi connectivity index (χ4v) is 2.53. The highest BCUT2D eigenvalue weighted by Crippen LogP contribution is 2.22. The summed E-state index contributed by atoms with van der Waals surface area (Å²) in [4.78, 5) is 2.43. The van der Waals surface area contributed by atoms with Crippen LogP contribution < -0.4 is 10.5 Å². The Bertz CT molecular complexity index is 455. The van der Waals surface area contributed by atoms with Crippen molar-refractivity contribution in [2.45, 2.75) is 40.2 Å². The first-order valence-corrected chi connectivity index (χ1v) is 7.79. The Morgan fingerprint density at radius 3 is 2.43 bits per heavy atom. The molecule has 21 heavy (non-hydrogen) atoms. The number of hydrogen-bond donors (Lipinski definition) is 2. The number of nitrogens with two attached hydrogens (primary N) is 1. The second-order valence-electron chi connectivity index (χ2n) is 5.45. The number of amidine groups is 1. The molecule has 1 aromatic rings. The zero-order chi connectivity index (χ0) is 15.8. The smallest absolute Gasteiger partial charge is 0.123 e. The number of ether oxygens (including phenoxy) is 1. The van der Waals surface area contributed by atoms with Gasteiger partial charge in [0.05, 0.1) is 7.11 Å². The van der Waals surface area contributed by atoms with Crippen LogP contribution >= 0.6 is 0 Å². The lowest BCUT2D eigenvalue weighted by molar-refractivity contribution is 0.223. The minimum atomic E-state index is 0.0990. The molecule has 0 unspecified atom stereocenters. The highest BCUT2D eigenvalue weighted by Gasteiger charge is 2.13. The van der Waals surface area contributed by atoms with E-state index in [0.717, 1.165) is 42.4 Å². The number of nitrogens with one attached hydrogen (secondary N) is 1. The number of benzene rings is 1. The van der Waals surface area contributed by atoms with E-state index in [9.17, 15) is 0 Å². The van der Waals surface area contributed by atoms with E-state index in [4.69, 9.17) is 15.9 Å². The highest BCUT2D eigenvalue weighted by atomic mass is 16.5. The Balaban J connectivity index is 2.91. The average molecular weight is 291 g/mol. The molecule has 4 heteroatoms. The van der Waals surface area contributed by atoms with Crippen molar-refractivity contribution >= 4 is 5.84 Å². The van der Waals surface area contributed by atoms with Crippen LogP contribution in [0, 0.1) is 11.3 Å². The summed E-state index contributed by atoms with van der Waals surface area (Å²) < 4.78 is 5.45. The Labute approximate surface area is 128 Å². The average Bonchev–Trinajstić information content (AvgIpc) is 2.50. The van der Waals surface area contributed by atoms with Crippen LogP contribution in [0.2, 0.25) is 0 Å². The van der Waals surface area contributed by atoms with Crippen LogP contribution in [-0.4, -0.2) is 30.9 Å². The Morgan fingerprint density at radius 2 is 1.95 bits per heavy atom. The SMILES string of the molecule is CCC(CC)CN(CC)Cc1cc(C(=N)N)ccc1OC. The van der Waals surface area contributed by atoms with Crippen LogP contribution in [0.4, 0.5) is 0 Å². The zero-order valence-corrected chi connectivity index (χ0v) is 13.8. The molecule has 0 aromatic heterocycles. The Hall–Kier alpha value is -1.55. The lowest BCUT2D eigenvalue weighted by Crippen LogP contribution is -2.29. The van der Waals surface area contributed by atoms with Gasteiger partial charge in [0.2, 0.25) is 0 Å². The first kappa shape index (κ1) is 17.5. The lowest BCUT2D eigenvalue weighted by Gasteiger charge is -2.26. The number of rotatable bonds is 9. The molecule has 4 nitrogen and oxygen atoms in total. The molecule has 0 fully saturated rings. The van der Waals surface area contributed by atoms with E-state index in [1.54, 1.807) is 7.11 Å². The molecule has 0 amide bonds. The van der Waals surface area contributed by atoms with Gasteiger partial charge in [-0.1, -0.05) is 33.6 Å². The third kappa shape index (κ3) is 5.05. The maximum absolute atomic E-state index is 7.58. The maximum Gasteiger partial charge on any atom is 0.123 e. The van der Waals surface area contributed by atoms with E-state index < -0.39 is 0 Å². The molecule has 0 radical (unpaired) electrons. The summed E-state index contributed by atoms with van der Waals surface area (Å²) in [6.45, 7) is 9.61. The van der Waals surface area contributed by atoms with Gasteiger partial charge < -0.3 is 10.5 Å². The minimum Gasteiger partial charge on any atom is -0.496 e. The van der Waals surface area contributed by atoms with Gasteiger partial charge in [-0.25, -0.2) is 0 Å². The molecular formula is C17H29N3O. The van der Waals surface area contributed by atoms with Crippen LogP contribution in [0.5, 0.6) is 5.75 Å². The molecule has 1 rings (SSSR count). The summed E-state index contributed by atoms with van der Waals surface area (Å²) in [6.07, 6.45) is 2.41. The third-order valence-corrected chi connectivity index (χ3v) is 4.10. The van der Waals surface area contributed by atoms with Crippen molar-refractivity contribution in [2.75, 3.05) is 20.2 Å². The molecule has 0 spiro atoms. The van der Waals surface area contributed by atoms with Gasteiger partial charge >= 0.3 is 0 Å². The fourth-order valence-electron chi connectivity index (χ4n) is 2.53. The van der Waals surface area contributed by atoms with E-state index in [0.29, 0.717) is 0 Å². The first-order chi connectivity index (χ1) is 10.0. The standard InChI is InChI=1S/C17H29N3O/c1-5-13(6-2)11-20(7-3)12-15-10-14(17(18)19)8-9-16(15)21-4/h8-10,13H,5-7,11-12H2,1-4H3,(H3,18,19). The zero-order valence-electron chi connectivity index (χ0n) is 13.8. The third-order valence-electron chi connectivity index (χ3n) is 4.10. The van der Waals surface area contributed by atoms with Gasteiger partial charge in [-0.2, -0.15) is 0 Å². The molecule has 0 atom stereocenters. The van der Waals surface area contributed by atoms with E-state index in [-0.39, 0.29) is 5.84 Å². The molecule has 0 heterocycles. The lowest BCUT2D eigenvalue weighted by atomic mass is 10.0. The minimum absolute atomic E-state index is 0.0990. The maximum atomic E-state index is 7.58. The second-order valence-corrected chi connectivity index (χ2v) is 5.45. The largest absolute Gasteiger partial charge is 0.496 e. The molecule has 0 saturated heterocycles. The summed E-state index contributed by atoms with van der Waals surface area (Å²) in [6, 6.07) is 5.70. The molecule has 0 bridgehead atoms. The van der Waals surface area contributed by atoms with E-state index in [1.165, 1.54) is 12.8 Å². The predicted molar refractivity (Wildman–Crippen MR) is 89.0 cm³/mol. The van der Waals surface area contributed by atoms with Crippen LogP contribution in [-0.2, 0) is 6.54 Å². The van der Waals surface area contributed by atoms with Gasteiger partial charge in [-0.15, -0.1) is 0 Å². The predicted octanol–water partition coefficient (Wildman–Crippen LogP) is 3.24. The van der Waals surface area contributed by atoms with Crippen molar-refractivity contribution in [1.29, 1.82) is 5.41 Å². The summed E-state index contributed by atoms with van der Waals surface area (Å²) in [5.74, 6) is 1.69.